The van der Waals surface area contributed by atoms with E-state index < -0.39 is 0 Å². The van der Waals surface area contributed by atoms with E-state index in [1.54, 1.807) is 24.3 Å². The molecule has 2 unspecified atom stereocenters. The van der Waals surface area contributed by atoms with E-state index >= 15 is 0 Å². The molecule has 0 aliphatic rings. The minimum Gasteiger partial charge on any atom is -0.459 e. The predicted octanol–water partition coefficient (Wildman–Crippen LogP) is 3.70. The summed E-state index contributed by atoms with van der Waals surface area (Å²) in [6, 6.07) is 13.7. The van der Waals surface area contributed by atoms with Gasteiger partial charge < -0.3 is 14.6 Å². The van der Waals surface area contributed by atoms with Gasteiger partial charge in [0, 0.05) is 30.9 Å². The number of carbonyl (C=O) groups is 1. The van der Waals surface area contributed by atoms with Crippen LogP contribution in [-0.4, -0.2) is 29.4 Å². The number of furan rings is 1. The van der Waals surface area contributed by atoms with Crippen LogP contribution in [0.3, 0.4) is 0 Å². The van der Waals surface area contributed by atoms with Crippen LogP contribution in [0.25, 0.3) is 11.0 Å². The SMILES string of the molecule is CC(NCC(=O)N(C)C(C)c1cc2ccccc2o1)c1ccncc1. The Labute approximate surface area is 147 Å². The summed E-state index contributed by atoms with van der Waals surface area (Å²) in [4.78, 5) is 18.2. The molecule has 25 heavy (non-hydrogen) atoms. The second-order valence-electron chi connectivity index (χ2n) is 6.25. The van der Waals surface area contributed by atoms with Crippen molar-refractivity contribution in [2.24, 2.45) is 0 Å². The number of fused-ring (bicyclic) bond motifs is 1. The second-order valence-corrected chi connectivity index (χ2v) is 6.25. The number of rotatable bonds is 6. The predicted molar refractivity (Wildman–Crippen MR) is 98.1 cm³/mol. The normalized spacial score (nSPS) is 13.6. The van der Waals surface area contributed by atoms with Crippen molar-refractivity contribution in [1.82, 2.24) is 15.2 Å². The van der Waals surface area contributed by atoms with E-state index in [2.05, 4.69) is 10.3 Å². The van der Waals surface area contributed by atoms with E-state index in [4.69, 9.17) is 4.42 Å². The summed E-state index contributed by atoms with van der Waals surface area (Å²) in [5, 5.41) is 4.31. The lowest BCUT2D eigenvalue weighted by Crippen LogP contribution is -2.37. The van der Waals surface area contributed by atoms with Crippen LogP contribution in [-0.2, 0) is 4.79 Å². The van der Waals surface area contributed by atoms with Crippen LogP contribution >= 0.6 is 0 Å². The Kier molecular flexibility index (Phi) is 5.14. The van der Waals surface area contributed by atoms with E-state index in [9.17, 15) is 4.79 Å². The summed E-state index contributed by atoms with van der Waals surface area (Å²) >= 11 is 0. The molecule has 5 heteroatoms. The maximum Gasteiger partial charge on any atom is 0.236 e. The zero-order valence-corrected chi connectivity index (χ0v) is 14.8. The fourth-order valence-electron chi connectivity index (χ4n) is 2.75. The Balaban J connectivity index is 1.61. The molecule has 5 nitrogen and oxygen atoms in total. The monoisotopic (exact) mass is 337 g/mol. The number of hydrogen-bond acceptors (Lipinski definition) is 4. The van der Waals surface area contributed by atoms with Crippen LogP contribution in [0.2, 0.25) is 0 Å². The summed E-state index contributed by atoms with van der Waals surface area (Å²) in [6.07, 6.45) is 3.51. The first-order chi connectivity index (χ1) is 12.1. The lowest BCUT2D eigenvalue weighted by Gasteiger charge is -2.24. The van der Waals surface area contributed by atoms with Gasteiger partial charge >= 0.3 is 0 Å². The van der Waals surface area contributed by atoms with Gasteiger partial charge in [-0.3, -0.25) is 9.78 Å². The molecule has 2 heterocycles. The first-order valence-corrected chi connectivity index (χ1v) is 8.43. The quantitative estimate of drug-likeness (QED) is 0.745. The van der Waals surface area contributed by atoms with Gasteiger partial charge in [0.05, 0.1) is 12.6 Å². The third-order valence-corrected chi connectivity index (χ3v) is 4.60. The number of pyridine rings is 1. The van der Waals surface area contributed by atoms with Gasteiger partial charge in [-0.2, -0.15) is 0 Å². The van der Waals surface area contributed by atoms with Crippen LogP contribution in [0.5, 0.6) is 0 Å². The van der Waals surface area contributed by atoms with Crippen molar-refractivity contribution in [2.75, 3.05) is 13.6 Å². The number of hydrogen-bond donors (Lipinski definition) is 1. The molecule has 0 fully saturated rings. The Morgan fingerprint density at radius 2 is 1.92 bits per heavy atom. The number of benzene rings is 1. The average molecular weight is 337 g/mol. The zero-order chi connectivity index (χ0) is 17.8. The summed E-state index contributed by atoms with van der Waals surface area (Å²) in [5.74, 6) is 0.813. The Bertz CT molecular complexity index is 811. The second kappa shape index (κ2) is 7.49. The van der Waals surface area contributed by atoms with Crippen molar-refractivity contribution < 1.29 is 9.21 Å². The molecule has 0 aliphatic heterocycles. The number of para-hydroxylation sites is 1. The number of nitrogens with one attached hydrogen (secondary N) is 1. The Morgan fingerprint density at radius 3 is 2.64 bits per heavy atom. The van der Waals surface area contributed by atoms with Crippen LogP contribution in [0.4, 0.5) is 0 Å². The molecule has 2 aromatic heterocycles. The number of likely N-dealkylation sites (N-methyl/N-ethyl adjacent to an activating group) is 1. The molecule has 0 spiro atoms. The molecule has 0 bridgehead atoms. The van der Waals surface area contributed by atoms with Crippen molar-refractivity contribution in [2.45, 2.75) is 25.9 Å². The highest BCUT2D eigenvalue weighted by Gasteiger charge is 2.21. The first kappa shape index (κ1) is 17.2. The van der Waals surface area contributed by atoms with Crippen molar-refractivity contribution in [3.05, 3.63) is 66.2 Å². The number of aromatic nitrogens is 1. The topological polar surface area (TPSA) is 58.4 Å². The molecule has 3 aromatic rings. The number of nitrogens with zero attached hydrogens (tertiary/aromatic N) is 2. The molecule has 0 saturated heterocycles. The maximum atomic E-state index is 12.5. The molecular weight excluding hydrogens is 314 g/mol. The fraction of sp³-hybridized carbons (Fsp3) is 0.300. The zero-order valence-electron chi connectivity index (χ0n) is 14.8. The number of carbonyl (C=O) groups excluding carboxylic acids is 1. The van der Waals surface area contributed by atoms with Gasteiger partial charge in [0.2, 0.25) is 5.91 Å². The molecule has 0 saturated carbocycles. The van der Waals surface area contributed by atoms with Crippen molar-refractivity contribution in [1.29, 1.82) is 0 Å². The smallest absolute Gasteiger partial charge is 0.236 e. The third-order valence-electron chi connectivity index (χ3n) is 4.60. The minimum absolute atomic E-state index is 0.0221. The van der Waals surface area contributed by atoms with Crippen LogP contribution < -0.4 is 5.32 Å². The molecule has 1 aromatic carbocycles. The summed E-state index contributed by atoms with van der Waals surface area (Å²) in [7, 11) is 1.80. The first-order valence-electron chi connectivity index (χ1n) is 8.43. The number of amides is 1. The highest BCUT2D eigenvalue weighted by atomic mass is 16.3. The van der Waals surface area contributed by atoms with E-state index in [1.807, 2.05) is 56.3 Å². The van der Waals surface area contributed by atoms with Crippen LogP contribution in [0, 0.1) is 0 Å². The minimum atomic E-state index is -0.127. The Hall–Kier alpha value is -2.66. The van der Waals surface area contributed by atoms with E-state index in [0.717, 1.165) is 22.3 Å². The van der Waals surface area contributed by atoms with Gasteiger partial charge in [0.1, 0.15) is 11.3 Å². The van der Waals surface area contributed by atoms with E-state index in [0.29, 0.717) is 0 Å². The summed E-state index contributed by atoms with van der Waals surface area (Å²) in [5.41, 5.74) is 1.95. The maximum absolute atomic E-state index is 12.5. The lowest BCUT2D eigenvalue weighted by molar-refractivity contribution is -0.131. The molecule has 1 amide bonds. The highest BCUT2D eigenvalue weighted by molar-refractivity contribution is 5.80. The van der Waals surface area contributed by atoms with Crippen LogP contribution in [0.15, 0.2) is 59.3 Å². The van der Waals surface area contributed by atoms with Crippen molar-refractivity contribution >= 4 is 16.9 Å². The third kappa shape index (κ3) is 3.88. The van der Waals surface area contributed by atoms with Gasteiger partial charge in [-0.1, -0.05) is 18.2 Å². The molecule has 130 valence electrons. The molecular formula is C20H23N3O2. The van der Waals surface area contributed by atoms with Gasteiger partial charge in [0.15, 0.2) is 0 Å². The lowest BCUT2D eigenvalue weighted by atomic mass is 10.1. The molecule has 3 rings (SSSR count). The van der Waals surface area contributed by atoms with E-state index in [-0.39, 0.29) is 24.5 Å². The highest BCUT2D eigenvalue weighted by Crippen LogP contribution is 2.26. The largest absolute Gasteiger partial charge is 0.459 e. The standard InChI is InChI=1S/C20H23N3O2/c1-14(16-8-10-21-11-9-16)22-13-20(24)23(3)15(2)19-12-17-6-4-5-7-18(17)25-19/h4-12,14-15,22H,13H2,1-3H3. The fourth-order valence-corrected chi connectivity index (χ4v) is 2.75. The van der Waals surface area contributed by atoms with Gasteiger partial charge in [-0.25, -0.2) is 0 Å². The van der Waals surface area contributed by atoms with Crippen molar-refractivity contribution in [3.8, 4) is 0 Å². The summed E-state index contributed by atoms with van der Waals surface area (Å²) in [6.45, 7) is 4.28. The average Bonchev–Trinajstić information content (AvgIpc) is 3.09. The van der Waals surface area contributed by atoms with E-state index in [1.165, 1.54) is 0 Å². The molecule has 1 N–H and O–H groups in total. The van der Waals surface area contributed by atoms with Gasteiger partial charge in [-0.15, -0.1) is 0 Å². The van der Waals surface area contributed by atoms with Crippen LogP contribution in [0.1, 0.15) is 37.3 Å². The van der Waals surface area contributed by atoms with Gasteiger partial charge in [0.25, 0.3) is 0 Å². The Morgan fingerprint density at radius 1 is 1.20 bits per heavy atom. The molecule has 0 radical (unpaired) electrons. The van der Waals surface area contributed by atoms with Crippen molar-refractivity contribution in [3.63, 3.8) is 0 Å². The summed E-state index contributed by atoms with van der Waals surface area (Å²) < 4.78 is 5.87. The van der Waals surface area contributed by atoms with Gasteiger partial charge in [-0.05, 0) is 43.7 Å². The molecule has 0 aliphatic carbocycles. The molecule has 2 atom stereocenters.